The van der Waals surface area contributed by atoms with E-state index >= 15 is 0 Å². The minimum Gasteiger partial charge on any atom is -0.444 e. The molecule has 154 valence electrons. The number of fused-ring (bicyclic) bond motifs is 1. The fraction of sp³-hybridized carbons (Fsp3) is 0.579. The van der Waals surface area contributed by atoms with Gasteiger partial charge < -0.3 is 24.4 Å². The first-order valence-electron chi connectivity index (χ1n) is 9.18. The van der Waals surface area contributed by atoms with Gasteiger partial charge >= 0.3 is 12.4 Å². The van der Waals surface area contributed by atoms with Crippen molar-refractivity contribution in [2.24, 2.45) is 5.92 Å². The lowest BCUT2D eigenvalue weighted by atomic mass is 9.93. The van der Waals surface area contributed by atoms with Crippen molar-refractivity contribution in [3.63, 3.8) is 0 Å². The molecule has 0 saturated carbocycles. The number of hydrogen-bond acceptors (Lipinski definition) is 5. The number of alkyl halides is 2. The monoisotopic (exact) mass is 398 g/mol. The van der Waals surface area contributed by atoms with Gasteiger partial charge in [0.1, 0.15) is 5.60 Å². The number of likely N-dealkylation sites (tertiary alicyclic amines) is 1. The van der Waals surface area contributed by atoms with Gasteiger partial charge in [0, 0.05) is 31.3 Å². The van der Waals surface area contributed by atoms with E-state index in [0.717, 1.165) is 0 Å². The Morgan fingerprint density at radius 3 is 2.50 bits per heavy atom. The number of amides is 2. The maximum atomic E-state index is 13.1. The maximum absolute atomic E-state index is 13.1. The summed E-state index contributed by atoms with van der Waals surface area (Å²) in [6.45, 7) is 6.52. The van der Waals surface area contributed by atoms with Gasteiger partial charge in [0.25, 0.3) is 0 Å². The lowest BCUT2D eigenvalue weighted by molar-refractivity contribution is -0.286. The van der Waals surface area contributed by atoms with E-state index in [1.165, 1.54) is 18.2 Å². The average Bonchev–Trinajstić information content (AvgIpc) is 2.87. The van der Waals surface area contributed by atoms with Gasteiger partial charge in [-0.3, -0.25) is 4.79 Å². The Kier molecular flexibility index (Phi) is 5.36. The van der Waals surface area contributed by atoms with Crippen LogP contribution in [-0.4, -0.2) is 41.9 Å². The van der Waals surface area contributed by atoms with Crippen LogP contribution in [0, 0.1) is 5.92 Å². The van der Waals surface area contributed by atoms with Crippen LogP contribution in [0.3, 0.4) is 0 Å². The molecule has 2 aliphatic heterocycles. The van der Waals surface area contributed by atoms with Gasteiger partial charge in [-0.15, -0.1) is 8.78 Å². The lowest BCUT2D eigenvalue weighted by Crippen LogP contribution is -2.42. The van der Waals surface area contributed by atoms with Crippen LogP contribution in [-0.2, 0) is 9.53 Å². The molecule has 0 atom stereocenters. The molecule has 1 saturated heterocycles. The molecular weight excluding hydrogens is 374 g/mol. The number of benzene rings is 1. The summed E-state index contributed by atoms with van der Waals surface area (Å²) in [7, 11) is 0. The third-order valence-corrected chi connectivity index (χ3v) is 4.43. The third-order valence-electron chi connectivity index (χ3n) is 4.43. The number of hydrogen-bond donors (Lipinski definition) is 1. The molecule has 2 amide bonds. The van der Waals surface area contributed by atoms with Gasteiger partial charge in [-0.2, -0.15) is 0 Å². The zero-order valence-electron chi connectivity index (χ0n) is 16.1. The number of halogens is 2. The first-order valence-corrected chi connectivity index (χ1v) is 9.18. The molecule has 28 heavy (non-hydrogen) atoms. The fourth-order valence-corrected chi connectivity index (χ4v) is 3.15. The largest absolute Gasteiger partial charge is 0.586 e. The Bertz CT molecular complexity index is 755. The SMILES string of the molecule is CC(C)(C)OC(=O)N1CCC(CC(=O)Nc2ccc3c(c2)OC(F)(F)O3)CC1. The molecule has 0 unspecified atom stereocenters. The fourth-order valence-electron chi connectivity index (χ4n) is 3.15. The molecule has 3 rings (SSSR count). The zero-order chi connectivity index (χ0) is 20.5. The molecule has 0 bridgehead atoms. The van der Waals surface area contributed by atoms with Gasteiger partial charge in [0.15, 0.2) is 11.5 Å². The van der Waals surface area contributed by atoms with Crippen molar-refractivity contribution in [3.05, 3.63) is 18.2 Å². The van der Waals surface area contributed by atoms with Crippen molar-refractivity contribution < 1.29 is 32.6 Å². The van der Waals surface area contributed by atoms with E-state index in [-0.39, 0.29) is 35.8 Å². The summed E-state index contributed by atoms with van der Waals surface area (Å²) in [4.78, 5) is 26.0. The van der Waals surface area contributed by atoms with Gasteiger partial charge in [-0.05, 0) is 51.7 Å². The highest BCUT2D eigenvalue weighted by molar-refractivity contribution is 5.91. The van der Waals surface area contributed by atoms with Crippen LogP contribution < -0.4 is 14.8 Å². The van der Waals surface area contributed by atoms with Gasteiger partial charge in [0.2, 0.25) is 5.91 Å². The molecule has 0 radical (unpaired) electrons. The van der Waals surface area contributed by atoms with Crippen LogP contribution >= 0.6 is 0 Å². The number of nitrogens with one attached hydrogen (secondary N) is 1. The standard InChI is InChI=1S/C19H24F2N2O5/c1-18(2,3)28-17(25)23-8-6-12(7-9-23)10-16(24)22-13-4-5-14-15(11-13)27-19(20,21)26-14/h4-5,11-12H,6-10H2,1-3H3,(H,22,24). The number of piperidine rings is 1. The summed E-state index contributed by atoms with van der Waals surface area (Å²) in [5.74, 6) is -0.274. The summed E-state index contributed by atoms with van der Waals surface area (Å²) in [6, 6.07) is 4.11. The second-order valence-corrected chi connectivity index (χ2v) is 7.99. The normalized spacial score (nSPS) is 18.7. The van der Waals surface area contributed by atoms with Crippen LogP contribution in [0.4, 0.5) is 19.3 Å². The summed E-state index contributed by atoms with van der Waals surface area (Å²) in [6.07, 6.45) is -2.35. The maximum Gasteiger partial charge on any atom is 0.586 e. The summed E-state index contributed by atoms with van der Waals surface area (Å²) >= 11 is 0. The molecule has 0 aliphatic carbocycles. The van der Waals surface area contributed by atoms with Crippen LogP contribution in [0.5, 0.6) is 11.5 Å². The van der Waals surface area contributed by atoms with Crippen LogP contribution in [0.15, 0.2) is 18.2 Å². The van der Waals surface area contributed by atoms with E-state index in [2.05, 4.69) is 14.8 Å². The highest BCUT2D eigenvalue weighted by Crippen LogP contribution is 2.42. The molecular formula is C19H24F2N2O5. The van der Waals surface area contributed by atoms with Crippen LogP contribution in [0.2, 0.25) is 0 Å². The highest BCUT2D eigenvalue weighted by atomic mass is 19.3. The summed E-state index contributed by atoms with van der Waals surface area (Å²) in [5.41, 5.74) is -0.182. The second kappa shape index (κ2) is 7.44. The molecule has 9 heteroatoms. The predicted molar refractivity (Wildman–Crippen MR) is 96.4 cm³/mol. The molecule has 0 spiro atoms. The van der Waals surface area contributed by atoms with Crippen molar-refractivity contribution in [1.82, 2.24) is 4.90 Å². The lowest BCUT2D eigenvalue weighted by Gasteiger charge is -2.33. The minimum absolute atomic E-state index is 0.0717. The molecule has 2 aliphatic rings. The Balaban J connectivity index is 1.46. The molecule has 1 aromatic rings. The average molecular weight is 398 g/mol. The predicted octanol–water partition coefficient (Wildman–Crippen LogP) is 3.98. The van der Waals surface area contributed by atoms with E-state index < -0.39 is 11.9 Å². The van der Waals surface area contributed by atoms with Crippen molar-refractivity contribution in [2.75, 3.05) is 18.4 Å². The Labute approximate surface area is 161 Å². The number of anilines is 1. The molecule has 2 heterocycles. The number of carbonyl (C=O) groups is 2. The molecule has 7 nitrogen and oxygen atoms in total. The Morgan fingerprint density at radius 2 is 1.86 bits per heavy atom. The Hall–Kier alpha value is -2.58. The molecule has 1 fully saturated rings. The summed E-state index contributed by atoms with van der Waals surface area (Å²) in [5, 5.41) is 2.69. The number of rotatable bonds is 3. The topological polar surface area (TPSA) is 77.1 Å². The second-order valence-electron chi connectivity index (χ2n) is 7.99. The number of carbonyl (C=O) groups excluding carboxylic acids is 2. The van der Waals surface area contributed by atoms with Crippen molar-refractivity contribution in [2.45, 2.75) is 51.9 Å². The quantitative estimate of drug-likeness (QED) is 0.833. The van der Waals surface area contributed by atoms with E-state index in [4.69, 9.17) is 4.74 Å². The van der Waals surface area contributed by atoms with E-state index in [9.17, 15) is 18.4 Å². The van der Waals surface area contributed by atoms with Crippen molar-refractivity contribution in [1.29, 1.82) is 0 Å². The molecule has 1 aromatic carbocycles. The van der Waals surface area contributed by atoms with Gasteiger partial charge in [-0.1, -0.05) is 0 Å². The molecule has 0 aromatic heterocycles. The zero-order valence-corrected chi connectivity index (χ0v) is 16.1. The minimum atomic E-state index is -3.69. The van der Waals surface area contributed by atoms with Crippen LogP contribution in [0.1, 0.15) is 40.0 Å². The van der Waals surface area contributed by atoms with Gasteiger partial charge in [-0.25, -0.2) is 4.79 Å². The Morgan fingerprint density at radius 1 is 1.21 bits per heavy atom. The first-order chi connectivity index (χ1) is 13.0. The molecule has 1 N–H and O–H groups in total. The van der Waals surface area contributed by atoms with E-state index in [1.807, 2.05) is 20.8 Å². The van der Waals surface area contributed by atoms with Crippen LogP contribution in [0.25, 0.3) is 0 Å². The van der Waals surface area contributed by atoms with Gasteiger partial charge in [0.05, 0.1) is 0 Å². The van der Waals surface area contributed by atoms with E-state index in [1.54, 1.807) is 4.90 Å². The number of ether oxygens (including phenoxy) is 3. The number of nitrogens with zero attached hydrogens (tertiary/aromatic N) is 1. The first kappa shape index (κ1) is 20.2. The summed E-state index contributed by atoms with van der Waals surface area (Å²) < 4.78 is 40.2. The van der Waals surface area contributed by atoms with Crippen molar-refractivity contribution >= 4 is 17.7 Å². The van der Waals surface area contributed by atoms with E-state index in [0.29, 0.717) is 31.6 Å². The smallest absolute Gasteiger partial charge is 0.444 e. The highest BCUT2D eigenvalue weighted by Gasteiger charge is 2.43. The third kappa shape index (κ3) is 5.24. The van der Waals surface area contributed by atoms with Crippen molar-refractivity contribution in [3.8, 4) is 11.5 Å².